The third-order valence-corrected chi connectivity index (χ3v) is 6.97. The third kappa shape index (κ3) is 3.15. The van der Waals surface area contributed by atoms with Crippen LogP contribution in [0.25, 0.3) is 0 Å². The number of piperidine rings is 1. The molecule has 7 heteroatoms. The van der Waals surface area contributed by atoms with Crippen molar-refractivity contribution in [3.63, 3.8) is 0 Å². The third-order valence-electron chi connectivity index (χ3n) is 5.01. The number of esters is 1. The quantitative estimate of drug-likeness (QED) is 0.799. The average molecular weight is 380 g/mol. The minimum absolute atomic E-state index is 0.180. The smallest absolute Gasteiger partial charge is 0.349 e. The van der Waals surface area contributed by atoms with Gasteiger partial charge >= 0.3 is 5.97 Å². The molecule has 2 aromatic rings. The van der Waals surface area contributed by atoms with Crippen molar-refractivity contribution in [1.82, 2.24) is 5.32 Å². The molecule has 2 saturated heterocycles. The van der Waals surface area contributed by atoms with Crippen molar-refractivity contribution in [3.05, 3.63) is 44.8 Å². The van der Waals surface area contributed by atoms with Gasteiger partial charge in [0.25, 0.3) is 0 Å². The predicted molar refractivity (Wildman–Crippen MR) is 96.9 cm³/mol. The Labute approximate surface area is 154 Å². The molecule has 1 atom stereocenters. The Morgan fingerprint density at radius 2 is 1.88 bits per heavy atom. The average Bonchev–Trinajstić information content (AvgIpc) is 3.38. The van der Waals surface area contributed by atoms with Crippen LogP contribution in [0.4, 0.5) is 0 Å². The molecule has 134 valence electrons. The normalized spacial score (nSPS) is 23.0. The highest BCUT2D eigenvalue weighted by atomic mass is 32.1. The van der Waals surface area contributed by atoms with E-state index in [4.69, 9.17) is 9.47 Å². The summed E-state index contributed by atoms with van der Waals surface area (Å²) >= 11 is 2.70. The maximum atomic E-state index is 13.0. The van der Waals surface area contributed by atoms with Crippen molar-refractivity contribution < 1.29 is 19.4 Å². The van der Waals surface area contributed by atoms with Crippen LogP contribution in [0.15, 0.2) is 35.0 Å². The van der Waals surface area contributed by atoms with E-state index < -0.39 is 11.6 Å². The van der Waals surface area contributed by atoms with E-state index in [1.165, 1.54) is 22.7 Å². The van der Waals surface area contributed by atoms with E-state index in [9.17, 15) is 9.90 Å². The van der Waals surface area contributed by atoms with Crippen LogP contribution in [-0.4, -0.2) is 42.5 Å². The Morgan fingerprint density at radius 1 is 1.24 bits per heavy atom. The molecule has 5 nitrogen and oxygen atoms in total. The van der Waals surface area contributed by atoms with E-state index in [2.05, 4.69) is 5.32 Å². The van der Waals surface area contributed by atoms with Gasteiger partial charge in [-0.2, -0.15) is 0 Å². The summed E-state index contributed by atoms with van der Waals surface area (Å²) in [6, 6.07) is 7.19. The van der Waals surface area contributed by atoms with Crippen molar-refractivity contribution in [2.45, 2.75) is 36.6 Å². The molecule has 4 rings (SSSR count). The molecule has 2 aromatic heterocycles. The molecule has 0 aromatic carbocycles. The van der Waals surface area contributed by atoms with Gasteiger partial charge in [0.05, 0.1) is 22.0 Å². The summed E-state index contributed by atoms with van der Waals surface area (Å²) in [6.45, 7) is 2.25. The summed E-state index contributed by atoms with van der Waals surface area (Å²) in [6.07, 6.45) is 2.25. The van der Waals surface area contributed by atoms with Crippen LogP contribution < -0.4 is 5.32 Å². The van der Waals surface area contributed by atoms with E-state index >= 15 is 0 Å². The zero-order valence-corrected chi connectivity index (χ0v) is 15.4. The van der Waals surface area contributed by atoms with E-state index in [0.717, 1.165) is 25.9 Å². The first-order valence-corrected chi connectivity index (χ1v) is 10.2. The van der Waals surface area contributed by atoms with E-state index in [-0.39, 0.29) is 11.7 Å². The zero-order chi connectivity index (χ0) is 17.3. The molecule has 2 aliphatic heterocycles. The Hall–Kier alpha value is -1.25. The first kappa shape index (κ1) is 17.2. The lowest BCUT2D eigenvalue weighted by Crippen LogP contribution is -2.42. The number of ether oxygens (including phenoxy) is 2. The number of carbonyl (C=O) groups is 1. The minimum Gasteiger partial charge on any atom is -0.457 e. The second-order valence-corrected chi connectivity index (χ2v) is 8.54. The monoisotopic (exact) mass is 379 g/mol. The zero-order valence-electron chi connectivity index (χ0n) is 13.8. The molecule has 0 radical (unpaired) electrons. The molecular weight excluding hydrogens is 358 g/mol. The van der Waals surface area contributed by atoms with Gasteiger partial charge in [-0.1, -0.05) is 12.1 Å². The summed E-state index contributed by atoms with van der Waals surface area (Å²) in [5.74, 6) is -0.614. The Morgan fingerprint density at radius 3 is 2.44 bits per heavy atom. The summed E-state index contributed by atoms with van der Waals surface area (Å²) in [5, 5.41) is 18.3. The lowest BCUT2D eigenvalue weighted by molar-refractivity contribution is -0.167. The standard InChI is InChI=1S/C18H21NO4S2/c20-16(23-13-11-17(22-12-13)5-7-19-8-6-17)18(21,14-3-1-9-24-14)15-4-2-10-25-15/h1-4,9-10,13,19,21H,5-8,11-12H2/t13-/m0/s1. The molecule has 0 aliphatic carbocycles. The summed E-state index contributed by atoms with van der Waals surface area (Å²) in [5.41, 5.74) is -1.92. The van der Waals surface area contributed by atoms with Gasteiger partial charge in [-0.05, 0) is 48.8 Å². The maximum Gasteiger partial charge on any atom is 0.349 e. The predicted octanol–water partition coefficient (Wildman–Crippen LogP) is 2.50. The molecule has 0 bridgehead atoms. The van der Waals surface area contributed by atoms with E-state index in [1.54, 1.807) is 12.1 Å². The van der Waals surface area contributed by atoms with Crippen molar-refractivity contribution in [1.29, 1.82) is 0 Å². The van der Waals surface area contributed by atoms with E-state index in [1.807, 2.05) is 22.9 Å². The van der Waals surface area contributed by atoms with Crippen molar-refractivity contribution in [2.75, 3.05) is 19.7 Å². The molecule has 1 spiro atoms. The fraction of sp³-hybridized carbons (Fsp3) is 0.500. The minimum atomic E-state index is -1.74. The largest absolute Gasteiger partial charge is 0.457 e. The van der Waals surface area contributed by atoms with Crippen LogP contribution in [0.3, 0.4) is 0 Å². The number of carbonyl (C=O) groups excluding carboxylic acids is 1. The van der Waals surface area contributed by atoms with Gasteiger partial charge in [0.15, 0.2) is 0 Å². The molecule has 4 heterocycles. The number of nitrogens with one attached hydrogen (secondary N) is 1. The van der Waals surface area contributed by atoms with Crippen LogP contribution in [-0.2, 0) is 19.9 Å². The van der Waals surface area contributed by atoms with Gasteiger partial charge in [-0.3, -0.25) is 0 Å². The SMILES string of the molecule is O=C(O[C@@H]1COC2(CCNCC2)C1)C(O)(c1cccs1)c1cccs1. The molecule has 0 unspecified atom stereocenters. The molecule has 2 fully saturated rings. The molecular formula is C18H21NO4S2. The van der Waals surface area contributed by atoms with Crippen LogP contribution in [0, 0.1) is 0 Å². The second kappa shape index (κ2) is 6.81. The lowest BCUT2D eigenvalue weighted by Gasteiger charge is -2.32. The number of thiophene rings is 2. The number of aliphatic hydroxyl groups is 1. The molecule has 2 aliphatic rings. The van der Waals surface area contributed by atoms with E-state index in [0.29, 0.717) is 22.8 Å². The van der Waals surface area contributed by atoms with Crippen LogP contribution in [0.5, 0.6) is 0 Å². The molecule has 2 N–H and O–H groups in total. The summed E-state index contributed by atoms with van der Waals surface area (Å²) in [7, 11) is 0. The summed E-state index contributed by atoms with van der Waals surface area (Å²) in [4.78, 5) is 14.1. The van der Waals surface area contributed by atoms with Crippen LogP contribution in [0.1, 0.15) is 29.0 Å². The molecule has 0 saturated carbocycles. The summed E-state index contributed by atoms with van der Waals surface area (Å²) < 4.78 is 11.7. The molecule has 0 amide bonds. The number of hydrogen-bond acceptors (Lipinski definition) is 7. The van der Waals surface area contributed by atoms with Gasteiger partial charge in [0, 0.05) is 6.42 Å². The second-order valence-electron chi connectivity index (χ2n) is 6.64. The fourth-order valence-corrected chi connectivity index (χ4v) is 5.35. The lowest BCUT2D eigenvalue weighted by atomic mass is 9.89. The number of rotatable bonds is 4. The van der Waals surface area contributed by atoms with Gasteiger partial charge in [-0.25, -0.2) is 4.79 Å². The van der Waals surface area contributed by atoms with Crippen LogP contribution in [0.2, 0.25) is 0 Å². The van der Waals surface area contributed by atoms with Gasteiger partial charge in [-0.15, -0.1) is 22.7 Å². The topological polar surface area (TPSA) is 67.8 Å². The Balaban J connectivity index is 1.52. The number of hydrogen-bond donors (Lipinski definition) is 2. The van der Waals surface area contributed by atoms with Crippen LogP contribution >= 0.6 is 22.7 Å². The van der Waals surface area contributed by atoms with Crippen molar-refractivity contribution in [3.8, 4) is 0 Å². The van der Waals surface area contributed by atoms with Gasteiger partial charge in [0.1, 0.15) is 6.10 Å². The highest BCUT2D eigenvalue weighted by molar-refractivity contribution is 7.12. The Kier molecular flexibility index (Phi) is 4.68. The van der Waals surface area contributed by atoms with Crippen molar-refractivity contribution in [2.24, 2.45) is 0 Å². The maximum absolute atomic E-state index is 13.0. The first-order valence-electron chi connectivity index (χ1n) is 8.48. The Bertz CT molecular complexity index is 673. The van der Waals surface area contributed by atoms with Crippen molar-refractivity contribution >= 4 is 28.6 Å². The molecule has 25 heavy (non-hydrogen) atoms. The highest BCUT2D eigenvalue weighted by Crippen LogP contribution is 2.39. The fourth-order valence-electron chi connectivity index (χ4n) is 3.64. The highest BCUT2D eigenvalue weighted by Gasteiger charge is 2.48. The van der Waals surface area contributed by atoms with Gasteiger partial charge < -0.3 is 19.9 Å². The first-order chi connectivity index (χ1) is 12.1. The van der Waals surface area contributed by atoms with Gasteiger partial charge in [0.2, 0.25) is 5.60 Å².